The molecule has 1 aliphatic carbocycles. The van der Waals surface area contributed by atoms with Gasteiger partial charge in [-0.25, -0.2) is 18.1 Å². The zero-order valence-corrected chi connectivity index (χ0v) is 14.4. The Bertz CT molecular complexity index is 882. The molecule has 0 unspecified atom stereocenters. The summed E-state index contributed by atoms with van der Waals surface area (Å²) in [6.45, 7) is 1.81. The summed E-state index contributed by atoms with van der Waals surface area (Å²) in [6, 6.07) is 1.34. The maximum Gasteiger partial charge on any atom is 0.306 e. The summed E-state index contributed by atoms with van der Waals surface area (Å²) in [7, 11) is -1.93. The number of carboxylic acids is 1. The lowest BCUT2D eigenvalue weighted by molar-refractivity contribution is -0.142. The molecule has 2 aromatic rings. The van der Waals surface area contributed by atoms with Crippen molar-refractivity contribution in [2.45, 2.75) is 43.5 Å². The van der Waals surface area contributed by atoms with Crippen molar-refractivity contribution in [3.05, 3.63) is 18.0 Å². The first kappa shape index (κ1) is 16.8. The third-order valence-electron chi connectivity index (χ3n) is 4.55. The second-order valence-electron chi connectivity index (χ2n) is 6.26. The normalized spacial score (nSPS) is 21.9. The van der Waals surface area contributed by atoms with Crippen LogP contribution in [0.3, 0.4) is 0 Å². The van der Waals surface area contributed by atoms with Crippen LogP contribution in [-0.2, 0) is 21.9 Å². The van der Waals surface area contributed by atoms with E-state index in [0.717, 1.165) is 5.69 Å². The lowest BCUT2D eigenvalue weighted by Gasteiger charge is -2.26. The predicted molar refractivity (Wildman–Crippen MR) is 86.9 cm³/mol. The Labute approximate surface area is 139 Å². The molecule has 1 aliphatic rings. The highest BCUT2D eigenvalue weighted by molar-refractivity contribution is 7.89. The Morgan fingerprint density at radius 3 is 2.62 bits per heavy atom. The maximum atomic E-state index is 12.6. The average Bonchev–Trinajstić information content (AvgIpc) is 2.82. The Hall–Kier alpha value is -2.00. The lowest BCUT2D eigenvalue weighted by atomic mass is 9.87. The molecule has 0 bridgehead atoms. The zero-order valence-electron chi connectivity index (χ0n) is 13.6. The zero-order chi connectivity index (χ0) is 17.5. The van der Waals surface area contributed by atoms with Gasteiger partial charge in [-0.05, 0) is 38.7 Å². The number of fused-ring (bicyclic) bond motifs is 1. The average molecular weight is 352 g/mol. The quantitative estimate of drug-likeness (QED) is 0.854. The third-order valence-corrected chi connectivity index (χ3v) is 6.03. The molecule has 0 amide bonds. The van der Waals surface area contributed by atoms with E-state index < -0.39 is 16.0 Å². The molecule has 0 aliphatic heterocycles. The molecule has 1 fully saturated rings. The number of nitrogens with one attached hydrogen (secondary N) is 1. The maximum absolute atomic E-state index is 12.6. The highest BCUT2D eigenvalue weighted by Gasteiger charge is 2.29. The van der Waals surface area contributed by atoms with Gasteiger partial charge in [0.1, 0.15) is 4.90 Å². The van der Waals surface area contributed by atoms with Crippen LogP contribution in [0, 0.1) is 12.8 Å². The molecule has 0 radical (unpaired) electrons. The molecule has 130 valence electrons. The van der Waals surface area contributed by atoms with Gasteiger partial charge in [-0.3, -0.25) is 9.48 Å². The lowest BCUT2D eigenvalue weighted by Crippen LogP contribution is -2.38. The van der Waals surface area contributed by atoms with Gasteiger partial charge in [0.2, 0.25) is 10.0 Å². The predicted octanol–water partition coefficient (Wildman–Crippen LogP) is 1.20. The van der Waals surface area contributed by atoms with E-state index in [4.69, 9.17) is 5.11 Å². The first-order valence-corrected chi connectivity index (χ1v) is 9.31. The number of pyridine rings is 1. The van der Waals surface area contributed by atoms with Crippen LogP contribution in [-0.4, -0.2) is 40.3 Å². The van der Waals surface area contributed by atoms with Gasteiger partial charge in [0.25, 0.3) is 0 Å². The van der Waals surface area contributed by atoms with Gasteiger partial charge in [-0.1, -0.05) is 0 Å². The smallest absolute Gasteiger partial charge is 0.306 e. The Morgan fingerprint density at radius 1 is 1.33 bits per heavy atom. The minimum absolute atomic E-state index is 0.103. The van der Waals surface area contributed by atoms with Crippen molar-refractivity contribution in [2.75, 3.05) is 0 Å². The second-order valence-corrected chi connectivity index (χ2v) is 7.97. The van der Waals surface area contributed by atoms with Gasteiger partial charge in [-0.2, -0.15) is 5.10 Å². The van der Waals surface area contributed by atoms with Crippen LogP contribution >= 0.6 is 0 Å². The highest BCUT2D eigenvalue weighted by atomic mass is 32.2. The molecule has 2 N–H and O–H groups in total. The fraction of sp³-hybridized carbons (Fsp3) is 0.533. The van der Waals surface area contributed by atoms with E-state index in [1.165, 1.54) is 6.20 Å². The fourth-order valence-corrected chi connectivity index (χ4v) is 4.46. The molecule has 8 nitrogen and oxygen atoms in total. The summed E-state index contributed by atoms with van der Waals surface area (Å²) >= 11 is 0. The van der Waals surface area contributed by atoms with E-state index in [1.807, 2.05) is 0 Å². The fourth-order valence-electron chi connectivity index (χ4n) is 3.18. The van der Waals surface area contributed by atoms with Crippen LogP contribution in [0.4, 0.5) is 0 Å². The van der Waals surface area contributed by atoms with Crippen molar-refractivity contribution < 1.29 is 18.3 Å². The molecule has 9 heteroatoms. The first-order chi connectivity index (χ1) is 11.3. The molecule has 1 saturated carbocycles. The molecule has 0 aromatic carbocycles. The minimum Gasteiger partial charge on any atom is -0.481 e. The molecule has 0 saturated heterocycles. The summed E-state index contributed by atoms with van der Waals surface area (Å²) in [5.41, 5.74) is 1.35. The molecule has 2 heterocycles. The van der Waals surface area contributed by atoms with Crippen LogP contribution in [0.1, 0.15) is 31.4 Å². The van der Waals surface area contributed by atoms with E-state index in [0.29, 0.717) is 36.7 Å². The van der Waals surface area contributed by atoms with Crippen molar-refractivity contribution in [3.63, 3.8) is 0 Å². The van der Waals surface area contributed by atoms with Gasteiger partial charge >= 0.3 is 5.97 Å². The number of aliphatic carboxylic acids is 1. The third kappa shape index (κ3) is 3.13. The largest absolute Gasteiger partial charge is 0.481 e. The van der Waals surface area contributed by atoms with Crippen molar-refractivity contribution in [1.82, 2.24) is 19.5 Å². The molecule has 2 aromatic heterocycles. The number of aromatic nitrogens is 3. The number of hydrogen-bond donors (Lipinski definition) is 2. The summed E-state index contributed by atoms with van der Waals surface area (Å²) < 4.78 is 29.5. The van der Waals surface area contributed by atoms with E-state index in [9.17, 15) is 13.2 Å². The number of carbonyl (C=O) groups is 1. The standard InChI is InChI=1S/C15H20N4O4S/c1-9-13-7-12(8-16-14(13)19(2)17-9)24(22,23)18-11-5-3-10(4-6-11)15(20)21/h7-8,10-11,18H,3-6H2,1-2H3,(H,20,21). The number of hydrogen-bond acceptors (Lipinski definition) is 5. The molecule has 0 spiro atoms. The second kappa shape index (κ2) is 6.14. The Morgan fingerprint density at radius 2 is 2.00 bits per heavy atom. The van der Waals surface area contributed by atoms with Crippen molar-refractivity contribution in [2.24, 2.45) is 13.0 Å². The molecule has 24 heavy (non-hydrogen) atoms. The van der Waals surface area contributed by atoms with Crippen LogP contribution < -0.4 is 4.72 Å². The molecular formula is C15H20N4O4S. The van der Waals surface area contributed by atoms with Crippen LogP contribution in [0.2, 0.25) is 0 Å². The van der Waals surface area contributed by atoms with E-state index >= 15 is 0 Å². The summed E-state index contributed by atoms with van der Waals surface area (Å²) in [4.78, 5) is 15.3. The number of rotatable bonds is 4. The first-order valence-electron chi connectivity index (χ1n) is 7.82. The summed E-state index contributed by atoms with van der Waals surface area (Å²) in [5.74, 6) is -1.18. The van der Waals surface area contributed by atoms with Crippen molar-refractivity contribution in [3.8, 4) is 0 Å². The number of carboxylic acid groups (broad SMARTS) is 1. The number of sulfonamides is 1. The van der Waals surface area contributed by atoms with E-state index in [1.54, 1.807) is 24.7 Å². The molecule has 3 rings (SSSR count). The van der Waals surface area contributed by atoms with Crippen LogP contribution in [0.15, 0.2) is 17.2 Å². The van der Waals surface area contributed by atoms with Crippen molar-refractivity contribution >= 4 is 27.0 Å². The minimum atomic E-state index is -3.69. The van der Waals surface area contributed by atoms with Gasteiger partial charge in [0.05, 0.1) is 11.6 Å². The SMILES string of the molecule is Cc1nn(C)c2ncc(S(=O)(=O)NC3CCC(C(=O)O)CC3)cc12. The van der Waals surface area contributed by atoms with Crippen molar-refractivity contribution in [1.29, 1.82) is 0 Å². The van der Waals surface area contributed by atoms with Gasteiger partial charge < -0.3 is 5.11 Å². The Kier molecular flexibility index (Phi) is 4.31. The van der Waals surface area contributed by atoms with Crippen LogP contribution in [0.5, 0.6) is 0 Å². The van der Waals surface area contributed by atoms with Crippen LogP contribution in [0.25, 0.3) is 11.0 Å². The Balaban J connectivity index is 1.79. The van der Waals surface area contributed by atoms with Gasteiger partial charge in [0, 0.05) is 24.7 Å². The van der Waals surface area contributed by atoms with E-state index in [-0.39, 0.29) is 16.9 Å². The summed E-state index contributed by atoms with van der Waals surface area (Å²) in [6.07, 6.45) is 3.35. The number of nitrogens with zero attached hydrogens (tertiary/aromatic N) is 3. The highest BCUT2D eigenvalue weighted by Crippen LogP contribution is 2.26. The van der Waals surface area contributed by atoms with Gasteiger partial charge in [-0.15, -0.1) is 0 Å². The molecular weight excluding hydrogens is 332 g/mol. The summed E-state index contributed by atoms with van der Waals surface area (Å²) in [5, 5.41) is 13.9. The van der Waals surface area contributed by atoms with Gasteiger partial charge in [0.15, 0.2) is 5.65 Å². The molecule has 0 atom stereocenters. The number of aryl methyl sites for hydroxylation is 2. The monoisotopic (exact) mass is 352 g/mol. The topological polar surface area (TPSA) is 114 Å². The van der Waals surface area contributed by atoms with E-state index in [2.05, 4.69) is 14.8 Å².